The summed E-state index contributed by atoms with van der Waals surface area (Å²) in [6, 6.07) is 0. The number of allylic oxidation sites excluding steroid dienone is 1. The van der Waals surface area contributed by atoms with E-state index < -0.39 is 0 Å². The van der Waals surface area contributed by atoms with Crippen LogP contribution in [0.2, 0.25) is 0 Å². The van der Waals surface area contributed by atoms with Gasteiger partial charge in [0, 0.05) is 0 Å². The third-order valence-electron chi connectivity index (χ3n) is 5.23. The molecule has 1 heteroatoms. The lowest BCUT2D eigenvalue weighted by Crippen LogP contribution is -2.28. The normalized spacial score (nSPS) is 35.8. The lowest BCUT2D eigenvalue weighted by Gasteiger charge is -2.37. The Kier molecular flexibility index (Phi) is 6.16. The predicted molar refractivity (Wildman–Crippen MR) is 82.2 cm³/mol. The number of ether oxygens (including phenoxy) is 1. The van der Waals surface area contributed by atoms with Crippen molar-refractivity contribution < 1.29 is 4.74 Å². The Bertz CT molecular complexity index is 267. The van der Waals surface area contributed by atoms with Gasteiger partial charge in [0.2, 0.25) is 0 Å². The molecule has 0 aliphatic heterocycles. The summed E-state index contributed by atoms with van der Waals surface area (Å²) in [5, 5.41) is 0. The Labute approximate surface area is 119 Å². The van der Waals surface area contributed by atoms with Crippen molar-refractivity contribution in [2.75, 3.05) is 6.61 Å². The van der Waals surface area contributed by atoms with E-state index in [1.807, 2.05) is 6.08 Å². The Balaban J connectivity index is 1.67. The zero-order valence-corrected chi connectivity index (χ0v) is 12.4. The van der Waals surface area contributed by atoms with E-state index in [9.17, 15) is 0 Å². The van der Waals surface area contributed by atoms with Crippen molar-refractivity contribution >= 4 is 0 Å². The van der Waals surface area contributed by atoms with E-state index in [0.29, 0.717) is 6.10 Å². The van der Waals surface area contributed by atoms with Crippen LogP contribution < -0.4 is 0 Å². The molecule has 0 radical (unpaired) electrons. The molecule has 0 bridgehead atoms. The Morgan fingerprint density at radius 2 is 1.37 bits per heavy atom. The van der Waals surface area contributed by atoms with E-state index in [0.717, 1.165) is 24.4 Å². The first-order chi connectivity index (χ1) is 9.33. The van der Waals surface area contributed by atoms with Crippen LogP contribution in [0.25, 0.3) is 0 Å². The highest BCUT2D eigenvalue weighted by molar-refractivity contribution is 4.84. The Morgan fingerprint density at radius 3 is 1.89 bits per heavy atom. The molecule has 0 N–H and O–H groups in total. The van der Waals surface area contributed by atoms with E-state index in [1.54, 1.807) is 0 Å². The second-order valence-corrected chi connectivity index (χ2v) is 6.46. The smallest absolute Gasteiger partial charge is 0.0648 e. The van der Waals surface area contributed by atoms with Gasteiger partial charge in [-0.2, -0.15) is 0 Å². The summed E-state index contributed by atoms with van der Waals surface area (Å²) in [4.78, 5) is 0. The fourth-order valence-corrected chi connectivity index (χ4v) is 4.06. The van der Waals surface area contributed by atoms with Crippen molar-refractivity contribution in [3.63, 3.8) is 0 Å². The molecule has 19 heavy (non-hydrogen) atoms. The first-order valence-corrected chi connectivity index (χ1v) is 8.16. The predicted octanol–water partition coefficient (Wildman–Crippen LogP) is 5.13. The molecule has 0 aromatic carbocycles. The third kappa shape index (κ3) is 4.49. The molecule has 0 amide bonds. The Hall–Kier alpha value is -0.560. The van der Waals surface area contributed by atoms with E-state index in [4.69, 9.17) is 4.74 Å². The van der Waals surface area contributed by atoms with Crippen molar-refractivity contribution in [3.05, 3.63) is 25.3 Å². The van der Waals surface area contributed by atoms with Crippen LogP contribution in [-0.4, -0.2) is 12.7 Å². The van der Waals surface area contributed by atoms with Crippen LogP contribution in [0.1, 0.15) is 57.8 Å². The van der Waals surface area contributed by atoms with Gasteiger partial charge in [0.15, 0.2) is 0 Å². The molecule has 2 saturated carbocycles. The molecular weight excluding hydrogens is 232 g/mol. The molecule has 0 saturated heterocycles. The van der Waals surface area contributed by atoms with Gasteiger partial charge in [0.05, 0.1) is 12.7 Å². The highest BCUT2D eigenvalue weighted by atomic mass is 16.5. The molecule has 2 aliphatic carbocycles. The molecule has 0 atom stereocenters. The SMILES string of the molecule is C=CCOC1CCC([C@H]2CC[C@H](CC=C)CC2)CC1. The molecule has 2 rings (SSSR count). The lowest BCUT2D eigenvalue weighted by molar-refractivity contribution is 0.0213. The van der Waals surface area contributed by atoms with Gasteiger partial charge in [-0.15, -0.1) is 13.2 Å². The van der Waals surface area contributed by atoms with Crippen molar-refractivity contribution in [2.24, 2.45) is 17.8 Å². The average Bonchev–Trinajstić information content (AvgIpc) is 2.47. The second-order valence-electron chi connectivity index (χ2n) is 6.46. The molecule has 2 fully saturated rings. The maximum atomic E-state index is 5.79. The zero-order valence-electron chi connectivity index (χ0n) is 12.4. The zero-order chi connectivity index (χ0) is 13.5. The van der Waals surface area contributed by atoms with Gasteiger partial charge in [-0.3, -0.25) is 0 Å². The monoisotopic (exact) mass is 262 g/mol. The molecular formula is C18H30O. The quantitative estimate of drug-likeness (QED) is 0.603. The average molecular weight is 262 g/mol. The minimum atomic E-state index is 0.506. The minimum Gasteiger partial charge on any atom is -0.374 e. The summed E-state index contributed by atoms with van der Waals surface area (Å²) in [5.41, 5.74) is 0. The minimum absolute atomic E-state index is 0.506. The van der Waals surface area contributed by atoms with Gasteiger partial charge >= 0.3 is 0 Å². The fourth-order valence-electron chi connectivity index (χ4n) is 4.06. The molecule has 108 valence electrons. The van der Waals surface area contributed by atoms with Crippen LogP contribution in [0, 0.1) is 17.8 Å². The van der Waals surface area contributed by atoms with E-state index in [2.05, 4.69) is 19.2 Å². The summed E-state index contributed by atoms with van der Waals surface area (Å²) >= 11 is 0. The summed E-state index contributed by atoms with van der Waals surface area (Å²) in [6.07, 6.45) is 16.8. The highest BCUT2D eigenvalue weighted by Gasteiger charge is 2.30. The number of hydrogen-bond donors (Lipinski definition) is 0. The molecule has 0 heterocycles. The molecule has 0 aromatic heterocycles. The largest absolute Gasteiger partial charge is 0.374 e. The third-order valence-corrected chi connectivity index (χ3v) is 5.23. The fraction of sp³-hybridized carbons (Fsp3) is 0.778. The second kappa shape index (κ2) is 7.89. The number of rotatable bonds is 6. The highest BCUT2D eigenvalue weighted by Crippen LogP contribution is 2.41. The van der Waals surface area contributed by atoms with Gasteiger partial charge < -0.3 is 4.74 Å². The van der Waals surface area contributed by atoms with Gasteiger partial charge in [-0.25, -0.2) is 0 Å². The van der Waals surface area contributed by atoms with Crippen LogP contribution in [0.15, 0.2) is 25.3 Å². The van der Waals surface area contributed by atoms with Crippen molar-refractivity contribution in [3.8, 4) is 0 Å². The van der Waals surface area contributed by atoms with E-state index >= 15 is 0 Å². The molecule has 1 nitrogen and oxygen atoms in total. The van der Waals surface area contributed by atoms with Crippen LogP contribution in [0.5, 0.6) is 0 Å². The maximum Gasteiger partial charge on any atom is 0.0648 e. The van der Waals surface area contributed by atoms with Gasteiger partial charge in [-0.1, -0.05) is 12.2 Å². The standard InChI is InChI=1S/C18H30O/c1-3-5-15-6-8-16(9-7-15)17-10-12-18(13-11-17)19-14-4-2/h3-4,15-18H,1-2,5-14H2/t15-,16-,17?,18?. The lowest BCUT2D eigenvalue weighted by atomic mass is 9.70. The first-order valence-electron chi connectivity index (χ1n) is 8.16. The van der Waals surface area contributed by atoms with Crippen LogP contribution in [0.4, 0.5) is 0 Å². The van der Waals surface area contributed by atoms with Crippen LogP contribution in [-0.2, 0) is 4.74 Å². The van der Waals surface area contributed by atoms with Crippen molar-refractivity contribution in [1.29, 1.82) is 0 Å². The van der Waals surface area contributed by atoms with E-state index in [-0.39, 0.29) is 0 Å². The van der Waals surface area contributed by atoms with Gasteiger partial charge in [0.1, 0.15) is 0 Å². The van der Waals surface area contributed by atoms with Gasteiger partial charge in [-0.05, 0) is 75.5 Å². The summed E-state index contributed by atoms with van der Waals surface area (Å²) < 4.78 is 5.79. The van der Waals surface area contributed by atoms with Gasteiger partial charge in [0.25, 0.3) is 0 Å². The Morgan fingerprint density at radius 1 is 0.789 bits per heavy atom. The summed E-state index contributed by atoms with van der Waals surface area (Å²) in [5.74, 6) is 2.91. The molecule has 2 aliphatic rings. The molecule has 0 unspecified atom stereocenters. The van der Waals surface area contributed by atoms with Crippen LogP contribution in [0.3, 0.4) is 0 Å². The summed E-state index contributed by atoms with van der Waals surface area (Å²) in [7, 11) is 0. The van der Waals surface area contributed by atoms with Crippen LogP contribution >= 0.6 is 0 Å². The topological polar surface area (TPSA) is 9.23 Å². The number of hydrogen-bond acceptors (Lipinski definition) is 1. The van der Waals surface area contributed by atoms with Crippen molar-refractivity contribution in [1.82, 2.24) is 0 Å². The molecule has 0 aromatic rings. The summed E-state index contributed by atoms with van der Waals surface area (Å²) in [6.45, 7) is 8.32. The van der Waals surface area contributed by atoms with E-state index in [1.165, 1.54) is 57.8 Å². The van der Waals surface area contributed by atoms with Crippen molar-refractivity contribution in [2.45, 2.75) is 63.9 Å². The maximum absolute atomic E-state index is 5.79. The molecule has 0 spiro atoms. The first kappa shape index (κ1) is 14.8.